The minimum atomic E-state index is -0.759. The molecule has 26 heavy (non-hydrogen) atoms. The van der Waals surface area contributed by atoms with Gasteiger partial charge in [-0.1, -0.05) is 0 Å². The van der Waals surface area contributed by atoms with Gasteiger partial charge >= 0.3 is 5.97 Å². The summed E-state index contributed by atoms with van der Waals surface area (Å²) in [6, 6.07) is 6.16. The Morgan fingerprint density at radius 2 is 2.04 bits per heavy atom. The van der Waals surface area contributed by atoms with E-state index in [1.807, 2.05) is 0 Å². The zero-order chi connectivity index (χ0) is 18.5. The van der Waals surface area contributed by atoms with Gasteiger partial charge < -0.3 is 23.8 Å². The summed E-state index contributed by atoms with van der Waals surface area (Å²) in [4.78, 5) is 37.6. The van der Waals surface area contributed by atoms with E-state index in [-0.39, 0.29) is 17.8 Å². The number of hydrogen-bond acceptors (Lipinski definition) is 7. The number of carbonyl (C=O) groups is 3. The predicted octanol–water partition coefficient (Wildman–Crippen LogP) is 1.69. The van der Waals surface area contributed by atoms with Crippen LogP contribution in [0.5, 0.6) is 0 Å². The summed E-state index contributed by atoms with van der Waals surface area (Å²) in [5.41, 5.74) is 0. The van der Waals surface area contributed by atoms with Crippen molar-refractivity contribution < 1.29 is 28.0 Å². The summed E-state index contributed by atoms with van der Waals surface area (Å²) >= 11 is 1.41. The van der Waals surface area contributed by atoms with Crippen LogP contribution in [-0.2, 0) is 25.7 Å². The third kappa shape index (κ3) is 4.10. The fourth-order valence-corrected chi connectivity index (χ4v) is 4.02. The first kappa shape index (κ1) is 18.1. The summed E-state index contributed by atoms with van der Waals surface area (Å²) in [6.45, 7) is 1.18. The Kier molecular flexibility index (Phi) is 5.67. The average Bonchev–Trinajstić information content (AvgIpc) is 3.37. The lowest BCUT2D eigenvalue weighted by molar-refractivity contribution is -0.156. The van der Waals surface area contributed by atoms with Gasteiger partial charge in [-0.3, -0.25) is 9.59 Å². The largest absolute Gasteiger partial charge is 0.467 e. The van der Waals surface area contributed by atoms with E-state index < -0.39 is 24.5 Å². The van der Waals surface area contributed by atoms with Crippen LogP contribution in [0.15, 0.2) is 45.6 Å². The molecule has 0 bridgehead atoms. The molecule has 2 amide bonds. The monoisotopic (exact) mass is 378 g/mol. The van der Waals surface area contributed by atoms with E-state index >= 15 is 0 Å². The molecular formula is C17H18N2O6S. The van der Waals surface area contributed by atoms with Gasteiger partial charge in [-0.15, -0.1) is 11.8 Å². The number of nitrogens with zero attached hydrogens (tertiary/aromatic N) is 1. The molecule has 3 heterocycles. The van der Waals surface area contributed by atoms with Gasteiger partial charge in [0.05, 0.1) is 19.1 Å². The van der Waals surface area contributed by atoms with Crippen LogP contribution in [0.4, 0.5) is 0 Å². The molecular weight excluding hydrogens is 360 g/mol. The van der Waals surface area contributed by atoms with Crippen LogP contribution >= 0.6 is 11.8 Å². The Morgan fingerprint density at radius 1 is 1.27 bits per heavy atom. The standard InChI is InChI=1S/C17H18N2O6S/c1-11(20)19-13(10-26-16(19)14-5-3-7-24-14)17(22)25-9-15(21)18-8-12-4-2-6-23-12/h2-7,13,16H,8-10H2,1H3,(H,18,21)/t13-,16-/m0/s1. The molecule has 1 saturated heterocycles. The number of amides is 2. The van der Waals surface area contributed by atoms with Gasteiger partial charge in [0.15, 0.2) is 6.61 Å². The molecule has 3 rings (SSSR count). The van der Waals surface area contributed by atoms with E-state index in [0.717, 1.165) is 0 Å². The average molecular weight is 378 g/mol. The highest BCUT2D eigenvalue weighted by atomic mass is 32.2. The number of furan rings is 2. The molecule has 2 atom stereocenters. The van der Waals surface area contributed by atoms with Crippen LogP contribution in [0, 0.1) is 0 Å². The Balaban J connectivity index is 1.53. The molecule has 1 N–H and O–H groups in total. The van der Waals surface area contributed by atoms with E-state index in [0.29, 0.717) is 17.3 Å². The zero-order valence-electron chi connectivity index (χ0n) is 14.0. The topological polar surface area (TPSA) is 102 Å². The summed E-state index contributed by atoms with van der Waals surface area (Å²) in [5.74, 6) is 0.239. The molecule has 0 unspecified atom stereocenters. The lowest BCUT2D eigenvalue weighted by Crippen LogP contribution is -2.43. The highest BCUT2D eigenvalue weighted by molar-refractivity contribution is 7.99. The van der Waals surface area contributed by atoms with E-state index in [1.54, 1.807) is 24.3 Å². The summed E-state index contributed by atoms with van der Waals surface area (Å²) < 4.78 is 15.5. The first-order valence-electron chi connectivity index (χ1n) is 7.96. The van der Waals surface area contributed by atoms with Crippen LogP contribution < -0.4 is 5.32 Å². The summed E-state index contributed by atoms with van der Waals surface area (Å²) in [5, 5.41) is 2.20. The lowest BCUT2D eigenvalue weighted by Gasteiger charge is -2.25. The summed E-state index contributed by atoms with van der Waals surface area (Å²) in [6.07, 6.45) is 3.02. The second kappa shape index (κ2) is 8.13. The first-order chi connectivity index (χ1) is 12.6. The minimum Gasteiger partial charge on any atom is -0.467 e. The van der Waals surface area contributed by atoms with Crippen LogP contribution in [-0.4, -0.2) is 41.1 Å². The zero-order valence-corrected chi connectivity index (χ0v) is 14.9. The van der Waals surface area contributed by atoms with Crippen LogP contribution in [0.25, 0.3) is 0 Å². The molecule has 2 aromatic rings. The molecule has 0 aliphatic carbocycles. The third-order valence-electron chi connectivity index (χ3n) is 3.81. The fourth-order valence-electron chi connectivity index (χ4n) is 2.61. The minimum absolute atomic E-state index is 0.211. The second-order valence-electron chi connectivity index (χ2n) is 5.61. The number of nitrogens with one attached hydrogen (secondary N) is 1. The van der Waals surface area contributed by atoms with Crippen molar-refractivity contribution >= 4 is 29.5 Å². The van der Waals surface area contributed by atoms with Gasteiger partial charge in [-0.05, 0) is 24.3 Å². The van der Waals surface area contributed by atoms with Crippen LogP contribution in [0.1, 0.15) is 23.8 Å². The number of carbonyl (C=O) groups excluding carboxylic acids is 3. The number of thioether (sulfide) groups is 1. The molecule has 0 saturated carbocycles. The van der Waals surface area contributed by atoms with Crippen molar-refractivity contribution in [2.75, 3.05) is 12.4 Å². The van der Waals surface area contributed by atoms with E-state index in [9.17, 15) is 14.4 Å². The molecule has 1 aliphatic rings. The Morgan fingerprint density at radius 3 is 2.69 bits per heavy atom. The van der Waals surface area contributed by atoms with Crippen molar-refractivity contribution in [1.29, 1.82) is 0 Å². The quantitative estimate of drug-likeness (QED) is 0.763. The molecule has 9 heteroatoms. The predicted molar refractivity (Wildman–Crippen MR) is 91.7 cm³/mol. The molecule has 1 aliphatic heterocycles. The maximum atomic E-state index is 12.4. The van der Waals surface area contributed by atoms with Crippen LogP contribution in [0.3, 0.4) is 0 Å². The number of esters is 1. The normalized spacial score (nSPS) is 19.3. The highest BCUT2D eigenvalue weighted by Crippen LogP contribution is 2.41. The first-order valence-corrected chi connectivity index (χ1v) is 9.00. The van der Waals surface area contributed by atoms with E-state index in [1.165, 1.54) is 36.1 Å². The molecule has 0 radical (unpaired) electrons. The van der Waals surface area contributed by atoms with Gasteiger partial charge in [0.25, 0.3) is 5.91 Å². The maximum absolute atomic E-state index is 12.4. The maximum Gasteiger partial charge on any atom is 0.330 e. The molecule has 138 valence electrons. The SMILES string of the molecule is CC(=O)N1[C@H](C(=O)OCC(=O)NCc2ccco2)CS[C@H]1c1ccco1. The van der Waals surface area contributed by atoms with Gasteiger partial charge in [0.2, 0.25) is 5.91 Å². The Bertz CT molecular complexity index is 758. The van der Waals surface area contributed by atoms with Crippen molar-refractivity contribution in [3.63, 3.8) is 0 Å². The van der Waals surface area contributed by atoms with Gasteiger partial charge in [-0.25, -0.2) is 4.79 Å². The Labute approximate surface area is 153 Å². The van der Waals surface area contributed by atoms with Crippen molar-refractivity contribution in [3.8, 4) is 0 Å². The third-order valence-corrected chi connectivity index (χ3v) is 5.09. The molecule has 2 aromatic heterocycles. The summed E-state index contributed by atoms with van der Waals surface area (Å²) in [7, 11) is 0. The number of rotatable bonds is 6. The van der Waals surface area contributed by atoms with Crippen molar-refractivity contribution in [2.24, 2.45) is 0 Å². The van der Waals surface area contributed by atoms with Crippen molar-refractivity contribution in [2.45, 2.75) is 24.9 Å². The van der Waals surface area contributed by atoms with Crippen molar-refractivity contribution in [1.82, 2.24) is 10.2 Å². The smallest absolute Gasteiger partial charge is 0.330 e. The molecule has 0 spiro atoms. The van der Waals surface area contributed by atoms with Gasteiger partial charge in [0.1, 0.15) is 22.9 Å². The van der Waals surface area contributed by atoms with E-state index in [2.05, 4.69) is 5.32 Å². The van der Waals surface area contributed by atoms with Crippen LogP contribution in [0.2, 0.25) is 0 Å². The second-order valence-corrected chi connectivity index (χ2v) is 6.72. The van der Waals surface area contributed by atoms with Crippen molar-refractivity contribution in [3.05, 3.63) is 48.3 Å². The molecule has 0 aromatic carbocycles. The lowest BCUT2D eigenvalue weighted by atomic mass is 10.2. The highest BCUT2D eigenvalue weighted by Gasteiger charge is 2.43. The van der Waals surface area contributed by atoms with E-state index in [4.69, 9.17) is 13.6 Å². The number of ether oxygens (including phenoxy) is 1. The molecule has 1 fully saturated rings. The van der Waals surface area contributed by atoms with Gasteiger partial charge in [0, 0.05) is 12.7 Å². The number of hydrogen-bond donors (Lipinski definition) is 1. The molecule has 8 nitrogen and oxygen atoms in total. The Hall–Kier alpha value is -2.68. The van der Waals surface area contributed by atoms with Gasteiger partial charge in [-0.2, -0.15) is 0 Å². The fraction of sp³-hybridized carbons (Fsp3) is 0.353.